The van der Waals surface area contributed by atoms with Crippen LogP contribution in [0.15, 0.2) is 18.5 Å². The average molecular weight is 160 g/mol. The fourth-order valence-electron chi connectivity index (χ4n) is 0.921. The molecule has 12 heavy (non-hydrogen) atoms. The van der Waals surface area contributed by atoms with E-state index in [0.717, 1.165) is 0 Å². The fraction of sp³-hybridized carbons (Fsp3) is 0. The summed E-state index contributed by atoms with van der Waals surface area (Å²) in [5, 5.41) is 17.6. The highest BCUT2D eigenvalue weighted by atomic mass is 16.3. The molecule has 0 aliphatic carbocycles. The van der Waals surface area contributed by atoms with Gasteiger partial charge in [-0.2, -0.15) is 5.26 Å². The Morgan fingerprint density at radius 3 is 3.17 bits per heavy atom. The van der Waals surface area contributed by atoms with E-state index in [0.29, 0.717) is 5.78 Å². The van der Waals surface area contributed by atoms with Gasteiger partial charge in [0.2, 0.25) is 11.7 Å². The zero-order chi connectivity index (χ0) is 8.55. The molecule has 0 unspecified atom stereocenters. The molecule has 2 aromatic heterocycles. The summed E-state index contributed by atoms with van der Waals surface area (Å²) in [5.74, 6) is 0.341. The summed E-state index contributed by atoms with van der Waals surface area (Å²) in [6.45, 7) is 0. The molecule has 0 aliphatic heterocycles. The van der Waals surface area contributed by atoms with E-state index in [1.807, 2.05) is 6.07 Å². The lowest BCUT2D eigenvalue weighted by atomic mass is 10.4. The molecule has 0 bridgehead atoms. The van der Waals surface area contributed by atoms with Crippen LogP contribution in [0.4, 0.5) is 0 Å². The van der Waals surface area contributed by atoms with Crippen LogP contribution in [-0.4, -0.2) is 19.5 Å². The smallest absolute Gasteiger partial charge is 0.237 e. The maximum atomic E-state index is 9.15. The predicted molar refractivity (Wildman–Crippen MR) is 39.4 cm³/mol. The molecule has 0 aliphatic rings. The molecule has 0 amide bonds. The molecule has 0 fully saturated rings. The molecule has 0 saturated carbocycles. The predicted octanol–water partition coefficient (Wildman–Crippen LogP) is 0.307. The second-order valence-electron chi connectivity index (χ2n) is 2.21. The van der Waals surface area contributed by atoms with Gasteiger partial charge in [-0.05, 0) is 6.07 Å². The van der Waals surface area contributed by atoms with Crippen LogP contribution in [0, 0.1) is 11.3 Å². The summed E-state index contributed by atoms with van der Waals surface area (Å²) in [7, 11) is 0. The molecule has 0 atom stereocenters. The highest BCUT2D eigenvalue weighted by Gasteiger charge is 2.01. The minimum Gasteiger partial charge on any atom is -0.493 e. The monoisotopic (exact) mass is 160 g/mol. The van der Waals surface area contributed by atoms with Crippen LogP contribution in [-0.2, 0) is 0 Å². The summed E-state index contributed by atoms with van der Waals surface area (Å²) in [5.41, 5.74) is 0.285. The Morgan fingerprint density at radius 1 is 1.58 bits per heavy atom. The summed E-state index contributed by atoms with van der Waals surface area (Å²) in [6, 6.07) is 3.39. The lowest BCUT2D eigenvalue weighted by molar-refractivity contribution is 0.448. The van der Waals surface area contributed by atoms with Crippen molar-refractivity contribution in [2.75, 3.05) is 0 Å². The first kappa shape index (κ1) is 6.61. The zero-order valence-corrected chi connectivity index (χ0v) is 5.97. The Morgan fingerprint density at radius 2 is 2.42 bits per heavy atom. The average Bonchev–Trinajstić information content (AvgIpc) is 2.47. The lowest BCUT2D eigenvalue weighted by Crippen LogP contribution is -1.90. The number of imidazole rings is 1. The molecule has 0 aromatic carbocycles. The number of hydrogen-bond acceptors (Lipinski definition) is 4. The highest BCUT2D eigenvalue weighted by Crippen LogP contribution is 2.09. The number of rotatable bonds is 0. The molecule has 0 spiro atoms. The quantitative estimate of drug-likeness (QED) is 0.601. The highest BCUT2D eigenvalue weighted by molar-refractivity contribution is 5.37. The van der Waals surface area contributed by atoms with Gasteiger partial charge in [-0.1, -0.05) is 0 Å². The fourth-order valence-corrected chi connectivity index (χ4v) is 0.921. The Bertz CT molecular complexity index is 468. The van der Waals surface area contributed by atoms with E-state index >= 15 is 0 Å². The van der Waals surface area contributed by atoms with E-state index in [4.69, 9.17) is 10.4 Å². The number of fused-ring (bicyclic) bond motifs is 1. The second-order valence-corrected chi connectivity index (χ2v) is 2.21. The van der Waals surface area contributed by atoms with Crippen molar-refractivity contribution in [1.82, 2.24) is 14.4 Å². The number of nitriles is 1. The molecular formula is C7H4N4O. The minimum atomic E-state index is 0.0157. The molecule has 5 nitrogen and oxygen atoms in total. The molecule has 2 heterocycles. The summed E-state index contributed by atoms with van der Waals surface area (Å²) >= 11 is 0. The lowest BCUT2D eigenvalue weighted by Gasteiger charge is -1.92. The van der Waals surface area contributed by atoms with Crippen molar-refractivity contribution in [2.24, 2.45) is 0 Å². The van der Waals surface area contributed by atoms with Crippen LogP contribution in [0.3, 0.4) is 0 Å². The molecule has 2 rings (SSSR count). The maximum absolute atomic E-state index is 9.15. The van der Waals surface area contributed by atoms with Crippen LogP contribution >= 0.6 is 0 Å². The number of nitrogens with zero attached hydrogens (tertiary/aromatic N) is 4. The van der Waals surface area contributed by atoms with Crippen LogP contribution in [0.25, 0.3) is 5.78 Å². The molecule has 58 valence electrons. The van der Waals surface area contributed by atoms with Gasteiger partial charge in [0.15, 0.2) is 0 Å². The molecular weight excluding hydrogens is 156 g/mol. The molecule has 0 radical (unpaired) electrons. The van der Waals surface area contributed by atoms with Crippen molar-refractivity contribution in [2.45, 2.75) is 0 Å². The van der Waals surface area contributed by atoms with Gasteiger partial charge in [-0.25, -0.2) is 9.97 Å². The van der Waals surface area contributed by atoms with Crippen molar-refractivity contribution >= 4 is 5.78 Å². The van der Waals surface area contributed by atoms with Crippen molar-refractivity contribution in [3.63, 3.8) is 0 Å². The maximum Gasteiger partial charge on any atom is 0.237 e. The topological polar surface area (TPSA) is 74.2 Å². The van der Waals surface area contributed by atoms with Gasteiger partial charge in [-0.15, -0.1) is 0 Å². The van der Waals surface area contributed by atoms with E-state index in [-0.39, 0.29) is 11.6 Å². The van der Waals surface area contributed by atoms with Gasteiger partial charge in [0.05, 0.1) is 6.20 Å². The van der Waals surface area contributed by atoms with Crippen LogP contribution in [0.1, 0.15) is 5.69 Å². The van der Waals surface area contributed by atoms with Gasteiger partial charge >= 0.3 is 0 Å². The first-order valence-electron chi connectivity index (χ1n) is 3.24. The van der Waals surface area contributed by atoms with Gasteiger partial charge < -0.3 is 5.11 Å². The van der Waals surface area contributed by atoms with Crippen LogP contribution in [0.5, 0.6) is 5.88 Å². The molecule has 5 heteroatoms. The standard InChI is InChI=1S/C7H4N4O/c8-3-5-1-2-11-6(12)4-9-7(11)10-5/h1-2,4,12H. The first-order valence-corrected chi connectivity index (χ1v) is 3.24. The summed E-state index contributed by atoms with van der Waals surface area (Å²) in [4.78, 5) is 7.62. The van der Waals surface area contributed by atoms with Crippen molar-refractivity contribution in [1.29, 1.82) is 5.26 Å². The van der Waals surface area contributed by atoms with Gasteiger partial charge in [0, 0.05) is 6.20 Å². The van der Waals surface area contributed by atoms with E-state index in [1.54, 1.807) is 6.20 Å². The Hall–Kier alpha value is -2.09. The normalized spacial score (nSPS) is 9.92. The second kappa shape index (κ2) is 2.20. The Balaban J connectivity index is 2.80. The van der Waals surface area contributed by atoms with E-state index in [1.165, 1.54) is 16.7 Å². The van der Waals surface area contributed by atoms with Gasteiger partial charge in [0.25, 0.3) is 0 Å². The van der Waals surface area contributed by atoms with Gasteiger partial charge in [-0.3, -0.25) is 4.40 Å². The largest absolute Gasteiger partial charge is 0.493 e. The molecule has 0 saturated heterocycles. The van der Waals surface area contributed by atoms with Crippen LogP contribution < -0.4 is 0 Å². The SMILES string of the molecule is N#Cc1ccn2c(O)cnc2n1. The Labute approximate surface area is 67.5 Å². The molecule has 1 N–H and O–H groups in total. The molecule has 2 aromatic rings. The number of aromatic nitrogens is 3. The van der Waals surface area contributed by atoms with Gasteiger partial charge in [0.1, 0.15) is 11.8 Å². The minimum absolute atomic E-state index is 0.0157. The third-order valence-corrected chi connectivity index (χ3v) is 1.47. The van der Waals surface area contributed by atoms with Crippen molar-refractivity contribution in [3.8, 4) is 11.9 Å². The van der Waals surface area contributed by atoms with Crippen LogP contribution in [0.2, 0.25) is 0 Å². The van der Waals surface area contributed by atoms with E-state index < -0.39 is 0 Å². The number of aromatic hydroxyl groups is 1. The van der Waals surface area contributed by atoms with E-state index in [2.05, 4.69) is 9.97 Å². The third kappa shape index (κ3) is 0.787. The zero-order valence-electron chi connectivity index (χ0n) is 5.97. The summed E-state index contributed by atoms with van der Waals surface area (Å²) in [6.07, 6.45) is 2.83. The van der Waals surface area contributed by atoms with Crippen molar-refractivity contribution in [3.05, 3.63) is 24.2 Å². The third-order valence-electron chi connectivity index (χ3n) is 1.47. The Kier molecular flexibility index (Phi) is 1.21. The number of hydrogen-bond donors (Lipinski definition) is 1. The van der Waals surface area contributed by atoms with Crippen molar-refractivity contribution < 1.29 is 5.11 Å². The first-order chi connectivity index (χ1) is 5.81. The summed E-state index contributed by atoms with van der Waals surface area (Å²) < 4.78 is 1.39. The van der Waals surface area contributed by atoms with E-state index in [9.17, 15) is 0 Å².